The standard InChI is InChI=1S/C27H27N3S/c1-20-17-18-30-25(19-20)28-26(27(30)29(2)22-11-7-4-8-12-22)24-16-15-23(31-24)14-13-21-9-5-3-6-10-21/h3,5-6,9-10,15-19,22H,4,7-8,11-12H2,1-2H3. The number of nitrogens with zero attached hydrogens (tertiary/aromatic N) is 3. The van der Waals surface area contributed by atoms with E-state index in [4.69, 9.17) is 4.98 Å². The van der Waals surface area contributed by atoms with Crippen LogP contribution in [0.15, 0.2) is 60.8 Å². The van der Waals surface area contributed by atoms with Crippen LogP contribution in [0.3, 0.4) is 0 Å². The molecule has 0 atom stereocenters. The molecule has 0 radical (unpaired) electrons. The summed E-state index contributed by atoms with van der Waals surface area (Å²) in [5.41, 5.74) is 4.35. The first kappa shape index (κ1) is 19.9. The smallest absolute Gasteiger partial charge is 0.142 e. The third kappa shape index (κ3) is 4.11. The fourth-order valence-electron chi connectivity index (χ4n) is 4.46. The quantitative estimate of drug-likeness (QED) is 0.347. The van der Waals surface area contributed by atoms with Gasteiger partial charge in [-0.1, -0.05) is 49.3 Å². The van der Waals surface area contributed by atoms with Gasteiger partial charge in [0.2, 0.25) is 0 Å². The Morgan fingerprint density at radius 3 is 2.61 bits per heavy atom. The number of benzene rings is 1. The number of pyridine rings is 1. The Hall–Kier alpha value is -3.03. The summed E-state index contributed by atoms with van der Waals surface area (Å²) in [6, 6.07) is 19.4. The molecule has 1 fully saturated rings. The van der Waals surface area contributed by atoms with Crippen molar-refractivity contribution in [3.05, 3.63) is 76.8 Å². The molecule has 3 aromatic heterocycles. The van der Waals surface area contributed by atoms with Crippen LogP contribution in [0.4, 0.5) is 5.82 Å². The van der Waals surface area contributed by atoms with Crippen molar-refractivity contribution in [2.75, 3.05) is 11.9 Å². The number of hydrogen-bond donors (Lipinski definition) is 0. The molecule has 0 bridgehead atoms. The topological polar surface area (TPSA) is 20.5 Å². The summed E-state index contributed by atoms with van der Waals surface area (Å²) in [5, 5.41) is 0. The van der Waals surface area contributed by atoms with Crippen LogP contribution in [0, 0.1) is 18.8 Å². The van der Waals surface area contributed by atoms with Crippen molar-refractivity contribution in [3.8, 4) is 22.4 Å². The number of hydrogen-bond acceptors (Lipinski definition) is 3. The van der Waals surface area contributed by atoms with E-state index in [9.17, 15) is 0 Å². The third-order valence-corrected chi connectivity index (χ3v) is 7.16. The van der Waals surface area contributed by atoms with E-state index in [-0.39, 0.29) is 0 Å². The van der Waals surface area contributed by atoms with Crippen LogP contribution in [-0.4, -0.2) is 22.5 Å². The van der Waals surface area contributed by atoms with Gasteiger partial charge in [0.1, 0.15) is 17.2 Å². The molecule has 0 saturated heterocycles. The lowest BCUT2D eigenvalue weighted by molar-refractivity contribution is 0.426. The minimum atomic E-state index is 0.575. The number of thiophene rings is 1. The fourth-order valence-corrected chi connectivity index (χ4v) is 5.31. The Kier molecular flexibility index (Phi) is 5.53. The number of aryl methyl sites for hydroxylation is 1. The van der Waals surface area contributed by atoms with Gasteiger partial charge in [0.15, 0.2) is 0 Å². The number of imidazole rings is 1. The number of rotatable bonds is 3. The van der Waals surface area contributed by atoms with Crippen LogP contribution in [-0.2, 0) is 0 Å². The van der Waals surface area contributed by atoms with Crippen molar-refractivity contribution in [2.45, 2.75) is 45.1 Å². The van der Waals surface area contributed by atoms with Gasteiger partial charge < -0.3 is 4.90 Å². The van der Waals surface area contributed by atoms with Crippen LogP contribution >= 0.6 is 11.3 Å². The maximum Gasteiger partial charge on any atom is 0.142 e. The summed E-state index contributed by atoms with van der Waals surface area (Å²) in [6.45, 7) is 2.13. The van der Waals surface area contributed by atoms with Crippen LogP contribution in [0.5, 0.6) is 0 Å². The van der Waals surface area contributed by atoms with Crippen molar-refractivity contribution < 1.29 is 0 Å². The molecule has 1 saturated carbocycles. The van der Waals surface area contributed by atoms with Gasteiger partial charge in [0, 0.05) is 24.8 Å². The fraction of sp³-hybridized carbons (Fsp3) is 0.296. The van der Waals surface area contributed by atoms with Crippen LogP contribution < -0.4 is 4.90 Å². The molecule has 1 aliphatic carbocycles. The first-order chi connectivity index (χ1) is 15.2. The minimum Gasteiger partial charge on any atom is -0.356 e. The van der Waals surface area contributed by atoms with E-state index in [1.807, 2.05) is 30.3 Å². The highest BCUT2D eigenvalue weighted by molar-refractivity contribution is 7.16. The molecule has 0 unspecified atom stereocenters. The highest BCUT2D eigenvalue weighted by Gasteiger charge is 2.25. The maximum absolute atomic E-state index is 5.07. The van der Waals surface area contributed by atoms with Crippen LogP contribution in [0.2, 0.25) is 0 Å². The van der Waals surface area contributed by atoms with Gasteiger partial charge in [-0.25, -0.2) is 4.98 Å². The Labute approximate surface area is 188 Å². The number of aromatic nitrogens is 2. The Balaban J connectivity index is 1.55. The maximum atomic E-state index is 5.07. The zero-order valence-corrected chi connectivity index (χ0v) is 19.0. The van der Waals surface area contributed by atoms with Crippen molar-refractivity contribution in [2.24, 2.45) is 0 Å². The highest BCUT2D eigenvalue weighted by atomic mass is 32.1. The molecule has 1 aromatic carbocycles. The molecular formula is C27H27N3S. The van der Waals surface area contributed by atoms with Crippen LogP contribution in [0.1, 0.15) is 48.1 Å². The molecule has 4 aromatic rings. The summed E-state index contributed by atoms with van der Waals surface area (Å²) in [4.78, 5) is 9.79. The Bertz CT molecular complexity index is 1250. The second-order valence-electron chi connectivity index (χ2n) is 8.40. The molecule has 31 heavy (non-hydrogen) atoms. The van der Waals surface area contributed by atoms with Gasteiger partial charge in [-0.3, -0.25) is 4.40 Å². The average Bonchev–Trinajstić information content (AvgIpc) is 3.42. The summed E-state index contributed by atoms with van der Waals surface area (Å²) in [5.74, 6) is 7.80. The summed E-state index contributed by atoms with van der Waals surface area (Å²) in [6.07, 6.45) is 8.68. The van der Waals surface area contributed by atoms with Crippen molar-refractivity contribution >= 4 is 22.8 Å². The zero-order chi connectivity index (χ0) is 21.2. The normalized spacial score (nSPS) is 14.4. The summed E-state index contributed by atoms with van der Waals surface area (Å²) in [7, 11) is 2.24. The van der Waals surface area contributed by atoms with Crippen LogP contribution in [0.25, 0.3) is 16.2 Å². The molecule has 3 nitrogen and oxygen atoms in total. The van der Waals surface area contributed by atoms with Crippen molar-refractivity contribution in [1.82, 2.24) is 9.38 Å². The highest BCUT2D eigenvalue weighted by Crippen LogP contribution is 2.38. The molecule has 1 aliphatic rings. The third-order valence-electron chi connectivity index (χ3n) is 6.16. The van der Waals surface area contributed by atoms with Gasteiger partial charge in [-0.05, 0) is 61.7 Å². The minimum absolute atomic E-state index is 0.575. The van der Waals surface area contributed by atoms with E-state index >= 15 is 0 Å². The molecule has 156 valence electrons. The lowest BCUT2D eigenvalue weighted by Crippen LogP contribution is -2.34. The monoisotopic (exact) mass is 425 g/mol. The summed E-state index contributed by atoms with van der Waals surface area (Å²) >= 11 is 1.73. The predicted molar refractivity (Wildman–Crippen MR) is 131 cm³/mol. The molecular weight excluding hydrogens is 398 g/mol. The molecule has 0 aliphatic heterocycles. The van der Waals surface area contributed by atoms with E-state index in [1.165, 1.54) is 48.4 Å². The lowest BCUT2D eigenvalue weighted by atomic mass is 9.94. The van der Waals surface area contributed by atoms with Gasteiger partial charge >= 0.3 is 0 Å². The molecule has 3 heterocycles. The SMILES string of the molecule is Cc1ccn2c(N(C)C3CCCCC3)c(-c3ccc(C#Cc4ccccc4)s3)nc2c1. The second kappa shape index (κ2) is 8.61. The average molecular weight is 426 g/mol. The first-order valence-electron chi connectivity index (χ1n) is 11.1. The van der Waals surface area contributed by atoms with Gasteiger partial charge in [0.05, 0.1) is 9.75 Å². The molecule has 0 amide bonds. The molecule has 5 rings (SSSR count). The van der Waals surface area contributed by atoms with Crippen molar-refractivity contribution in [3.63, 3.8) is 0 Å². The largest absolute Gasteiger partial charge is 0.356 e. The molecule has 4 heteroatoms. The van der Waals surface area contributed by atoms with Crippen molar-refractivity contribution in [1.29, 1.82) is 0 Å². The first-order valence-corrected chi connectivity index (χ1v) is 11.9. The Morgan fingerprint density at radius 2 is 1.81 bits per heavy atom. The Morgan fingerprint density at radius 1 is 1.00 bits per heavy atom. The van der Waals surface area contributed by atoms with Gasteiger partial charge in [-0.15, -0.1) is 11.3 Å². The van der Waals surface area contributed by atoms with E-state index in [1.54, 1.807) is 11.3 Å². The number of anilines is 1. The molecule has 0 spiro atoms. The van der Waals surface area contributed by atoms with Gasteiger partial charge in [-0.2, -0.15) is 0 Å². The summed E-state index contributed by atoms with van der Waals surface area (Å²) < 4.78 is 2.26. The molecule has 0 N–H and O–H groups in total. The predicted octanol–water partition coefficient (Wildman–Crippen LogP) is 6.54. The van der Waals surface area contributed by atoms with E-state index < -0.39 is 0 Å². The van der Waals surface area contributed by atoms with E-state index in [0.29, 0.717) is 6.04 Å². The van der Waals surface area contributed by atoms with Gasteiger partial charge in [0.25, 0.3) is 0 Å². The van der Waals surface area contributed by atoms with E-state index in [0.717, 1.165) is 21.8 Å². The number of fused-ring (bicyclic) bond motifs is 1. The lowest BCUT2D eigenvalue weighted by Gasteiger charge is -2.33. The zero-order valence-electron chi connectivity index (χ0n) is 18.1. The second-order valence-corrected chi connectivity index (χ2v) is 9.48. The van der Waals surface area contributed by atoms with E-state index in [2.05, 4.69) is 65.6 Å².